The number of carbonyl (C=O) groups excluding carboxylic acids is 2. The third-order valence-electron chi connectivity index (χ3n) is 4.94. The van der Waals surface area contributed by atoms with Gasteiger partial charge in [-0.3, -0.25) is 14.9 Å². The van der Waals surface area contributed by atoms with Gasteiger partial charge in [-0.1, -0.05) is 29.4 Å². The maximum atomic E-state index is 14.1. The van der Waals surface area contributed by atoms with Crippen LogP contribution in [0, 0.1) is 5.82 Å². The summed E-state index contributed by atoms with van der Waals surface area (Å²) in [6.45, 7) is 0.926. The molecule has 1 fully saturated rings. The van der Waals surface area contributed by atoms with Gasteiger partial charge in [-0.25, -0.2) is 14.5 Å². The molecule has 0 aliphatic carbocycles. The Balaban J connectivity index is 1.37. The van der Waals surface area contributed by atoms with E-state index in [4.69, 9.17) is 11.6 Å². The molecule has 4 rings (SSSR count). The second-order valence-electron chi connectivity index (χ2n) is 6.86. The molecular weight excluding hydrogens is 463 g/mol. The SMILES string of the molecule is CSc1n[nH]c(NC(=O)c2csc(C3CCN(C(=O)c4c(F)cccc4Cl)CC3)n2)n1. The van der Waals surface area contributed by atoms with Crippen LogP contribution in [0.15, 0.2) is 28.7 Å². The van der Waals surface area contributed by atoms with Crippen molar-refractivity contribution in [2.45, 2.75) is 23.9 Å². The molecule has 12 heteroatoms. The van der Waals surface area contributed by atoms with Crippen LogP contribution < -0.4 is 5.32 Å². The van der Waals surface area contributed by atoms with E-state index in [9.17, 15) is 14.0 Å². The number of amides is 2. The molecule has 162 valence electrons. The number of rotatable bonds is 5. The van der Waals surface area contributed by atoms with Crippen LogP contribution in [0.2, 0.25) is 5.02 Å². The molecule has 2 amide bonds. The van der Waals surface area contributed by atoms with Gasteiger partial charge >= 0.3 is 0 Å². The molecule has 1 aromatic carbocycles. The van der Waals surface area contributed by atoms with E-state index in [2.05, 4.69) is 25.5 Å². The molecule has 2 N–H and O–H groups in total. The summed E-state index contributed by atoms with van der Waals surface area (Å²) in [5, 5.41) is 12.4. The largest absolute Gasteiger partial charge is 0.338 e. The van der Waals surface area contributed by atoms with Crippen molar-refractivity contribution >= 4 is 52.5 Å². The van der Waals surface area contributed by atoms with Crippen molar-refractivity contribution in [2.24, 2.45) is 0 Å². The zero-order valence-electron chi connectivity index (χ0n) is 16.4. The smallest absolute Gasteiger partial charge is 0.277 e. The standard InChI is InChI=1S/C19H18ClFN6O2S2/c1-30-19-24-18(25-26-19)23-15(28)13-9-31-16(22-13)10-5-7-27(8-6-10)17(29)14-11(20)3-2-4-12(14)21/h2-4,9-10H,5-8H2,1H3,(H2,23,24,25,26,28). The van der Waals surface area contributed by atoms with Gasteiger partial charge < -0.3 is 4.90 Å². The molecule has 0 saturated carbocycles. The van der Waals surface area contributed by atoms with Gasteiger partial charge in [-0.15, -0.1) is 16.4 Å². The van der Waals surface area contributed by atoms with Gasteiger partial charge in [0.2, 0.25) is 11.1 Å². The van der Waals surface area contributed by atoms with Gasteiger partial charge in [-0.2, -0.15) is 4.98 Å². The van der Waals surface area contributed by atoms with Crippen molar-refractivity contribution in [3.8, 4) is 0 Å². The summed E-state index contributed by atoms with van der Waals surface area (Å²) in [5.74, 6) is -1.00. The number of hydrogen-bond donors (Lipinski definition) is 2. The number of aromatic nitrogens is 4. The van der Waals surface area contributed by atoms with Crippen LogP contribution in [0.25, 0.3) is 0 Å². The number of aromatic amines is 1. The first-order valence-corrected chi connectivity index (χ1v) is 11.9. The number of thioether (sulfide) groups is 1. The quantitative estimate of drug-likeness (QED) is 0.534. The zero-order valence-corrected chi connectivity index (χ0v) is 18.8. The van der Waals surface area contributed by atoms with Crippen LogP contribution in [-0.4, -0.2) is 56.2 Å². The Morgan fingerprint density at radius 1 is 1.32 bits per heavy atom. The summed E-state index contributed by atoms with van der Waals surface area (Å²) in [7, 11) is 0. The van der Waals surface area contributed by atoms with Gasteiger partial charge in [0.1, 0.15) is 11.5 Å². The molecule has 1 aliphatic heterocycles. The predicted octanol–water partition coefficient (Wildman–Crippen LogP) is 4.05. The van der Waals surface area contributed by atoms with Gasteiger partial charge in [0.25, 0.3) is 11.8 Å². The topological polar surface area (TPSA) is 104 Å². The van der Waals surface area contributed by atoms with Gasteiger partial charge in [-0.05, 0) is 31.2 Å². The molecule has 0 unspecified atom stereocenters. The lowest BCUT2D eigenvalue weighted by Crippen LogP contribution is -2.38. The molecule has 3 aromatic rings. The molecule has 0 spiro atoms. The molecule has 8 nitrogen and oxygen atoms in total. The molecule has 31 heavy (non-hydrogen) atoms. The lowest BCUT2D eigenvalue weighted by atomic mass is 9.97. The Bertz CT molecular complexity index is 1090. The van der Waals surface area contributed by atoms with Crippen LogP contribution in [-0.2, 0) is 0 Å². The summed E-state index contributed by atoms with van der Waals surface area (Å²) in [4.78, 5) is 35.3. The number of carbonyl (C=O) groups is 2. The third-order valence-corrected chi connectivity index (χ3v) is 6.81. The van der Waals surface area contributed by atoms with Crippen LogP contribution >= 0.6 is 34.7 Å². The molecule has 1 saturated heterocycles. The number of likely N-dealkylation sites (tertiary alicyclic amines) is 1. The van der Waals surface area contributed by atoms with Crippen molar-refractivity contribution in [2.75, 3.05) is 24.7 Å². The summed E-state index contributed by atoms with van der Waals surface area (Å²) in [6, 6.07) is 4.21. The van der Waals surface area contributed by atoms with E-state index >= 15 is 0 Å². The summed E-state index contributed by atoms with van der Waals surface area (Å²) in [5.41, 5.74) is 0.214. The minimum Gasteiger partial charge on any atom is -0.338 e. The Kier molecular flexibility index (Phi) is 6.54. The van der Waals surface area contributed by atoms with E-state index in [0.717, 1.165) is 5.01 Å². The fourth-order valence-corrected chi connectivity index (χ4v) is 4.87. The zero-order chi connectivity index (χ0) is 22.0. The van der Waals surface area contributed by atoms with Crippen molar-refractivity contribution in [1.82, 2.24) is 25.1 Å². The molecule has 3 heterocycles. The van der Waals surface area contributed by atoms with Crippen LogP contribution in [0.1, 0.15) is 44.6 Å². The molecule has 0 bridgehead atoms. The third kappa shape index (κ3) is 4.73. The van der Waals surface area contributed by atoms with Crippen molar-refractivity contribution in [3.63, 3.8) is 0 Å². The van der Waals surface area contributed by atoms with E-state index in [1.165, 1.54) is 41.3 Å². The number of nitrogens with zero attached hydrogens (tertiary/aromatic N) is 4. The Labute approximate surface area is 190 Å². The highest BCUT2D eigenvalue weighted by Gasteiger charge is 2.29. The van der Waals surface area contributed by atoms with E-state index < -0.39 is 11.7 Å². The number of benzene rings is 1. The highest BCUT2D eigenvalue weighted by molar-refractivity contribution is 7.98. The Morgan fingerprint density at radius 2 is 2.10 bits per heavy atom. The van der Waals surface area contributed by atoms with Gasteiger partial charge in [0.05, 0.1) is 15.6 Å². The first kappa shape index (κ1) is 21.7. The Hall–Kier alpha value is -2.50. The molecule has 1 aliphatic rings. The second kappa shape index (κ2) is 9.33. The van der Waals surface area contributed by atoms with Crippen molar-refractivity contribution in [3.05, 3.63) is 50.7 Å². The second-order valence-corrected chi connectivity index (χ2v) is 8.93. The number of hydrogen-bond acceptors (Lipinski definition) is 7. The van der Waals surface area contributed by atoms with Gasteiger partial charge in [0.15, 0.2) is 0 Å². The van der Waals surface area contributed by atoms with Crippen LogP contribution in [0.3, 0.4) is 0 Å². The van der Waals surface area contributed by atoms with E-state index in [-0.39, 0.29) is 28.4 Å². The van der Waals surface area contributed by atoms with E-state index in [0.29, 0.717) is 36.8 Å². The predicted molar refractivity (Wildman–Crippen MR) is 118 cm³/mol. The molecular formula is C19H18ClFN6O2S2. The normalized spacial score (nSPS) is 14.6. The maximum Gasteiger partial charge on any atom is 0.277 e. The first-order chi connectivity index (χ1) is 15.0. The molecule has 2 aromatic heterocycles. The molecule has 0 atom stereocenters. The maximum absolute atomic E-state index is 14.1. The average molecular weight is 481 g/mol. The first-order valence-electron chi connectivity index (χ1n) is 9.42. The fourth-order valence-electron chi connectivity index (χ4n) is 3.33. The number of nitrogens with one attached hydrogen (secondary N) is 2. The van der Waals surface area contributed by atoms with Crippen molar-refractivity contribution in [1.29, 1.82) is 0 Å². The average Bonchev–Trinajstić information content (AvgIpc) is 3.43. The number of thiazole rings is 1. The fraction of sp³-hybridized carbons (Fsp3) is 0.316. The number of halogens is 2. The Morgan fingerprint density at radius 3 is 2.77 bits per heavy atom. The number of piperidine rings is 1. The number of anilines is 1. The minimum atomic E-state index is -0.619. The monoisotopic (exact) mass is 480 g/mol. The lowest BCUT2D eigenvalue weighted by molar-refractivity contribution is 0.0708. The minimum absolute atomic E-state index is 0.0899. The highest BCUT2D eigenvalue weighted by atomic mass is 35.5. The van der Waals surface area contributed by atoms with E-state index in [1.807, 2.05) is 6.26 Å². The molecule has 0 radical (unpaired) electrons. The summed E-state index contributed by atoms with van der Waals surface area (Å²) >= 11 is 8.79. The van der Waals surface area contributed by atoms with E-state index in [1.54, 1.807) is 10.3 Å². The van der Waals surface area contributed by atoms with Crippen LogP contribution in [0.4, 0.5) is 10.3 Å². The number of H-pyrrole nitrogens is 1. The highest BCUT2D eigenvalue weighted by Crippen LogP contribution is 2.32. The van der Waals surface area contributed by atoms with Crippen molar-refractivity contribution < 1.29 is 14.0 Å². The van der Waals surface area contributed by atoms with Crippen LogP contribution in [0.5, 0.6) is 0 Å². The van der Waals surface area contributed by atoms with Gasteiger partial charge in [0, 0.05) is 24.4 Å². The summed E-state index contributed by atoms with van der Waals surface area (Å²) < 4.78 is 14.1. The lowest BCUT2D eigenvalue weighted by Gasteiger charge is -2.31. The summed E-state index contributed by atoms with van der Waals surface area (Å²) in [6.07, 6.45) is 3.18.